The van der Waals surface area contributed by atoms with E-state index >= 15 is 0 Å². The maximum Gasteiger partial charge on any atom is 0.129 e. The molecule has 0 saturated carbocycles. The van der Waals surface area contributed by atoms with Crippen molar-refractivity contribution < 1.29 is 0 Å². The van der Waals surface area contributed by atoms with E-state index in [9.17, 15) is 0 Å². The van der Waals surface area contributed by atoms with E-state index in [4.69, 9.17) is 4.98 Å². The zero-order valence-electron chi connectivity index (χ0n) is 14.2. The largest absolute Gasteiger partial charge is 0.352 e. The first-order chi connectivity index (χ1) is 9.76. The molecule has 4 heteroatoms. The molecule has 0 spiro atoms. The molecule has 118 valence electrons. The van der Waals surface area contributed by atoms with Gasteiger partial charge in [-0.3, -0.25) is 0 Å². The fourth-order valence-electron chi connectivity index (χ4n) is 2.59. The summed E-state index contributed by atoms with van der Waals surface area (Å²) in [5.74, 6) is 2.33. The number of aryl methyl sites for hydroxylation is 1. The molecule has 1 saturated heterocycles. The van der Waals surface area contributed by atoms with Gasteiger partial charge in [-0.25, -0.2) is 4.98 Å². The highest BCUT2D eigenvalue weighted by Crippen LogP contribution is 2.28. The number of hydrogen-bond acceptors (Lipinski definition) is 4. The molecule has 2 rings (SSSR count). The molecule has 0 bridgehead atoms. The molecule has 2 unspecified atom stereocenters. The minimum atomic E-state index is 0.140. The first kappa shape index (κ1) is 16.6. The molecule has 0 amide bonds. The Bertz CT molecular complexity index is 481. The van der Waals surface area contributed by atoms with Gasteiger partial charge < -0.3 is 10.2 Å². The van der Waals surface area contributed by atoms with Crippen LogP contribution in [0.1, 0.15) is 45.9 Å². The van der Waals surface area contributed by atoms with Gasteiger partial charge in [-0.15, -0.1) is 0 Å². The van der Waals surface area contributed by atoms with Crippen molar-refractivity contribution in [1.29, 1.82) is 0 Å². The molecular formula is C17H29N3S. The van der Waals surface area contributed by atoms with Gasteiger partial charge in [0, 0.05) is 41.4 Å². The van der Waals surface area contributed by atoms with E-state index in [1.807, 2.05) is 0 Å². The number of anilines is 1. The standard InChI is InChI=1S/C17H29N3S/c1-12-9-15(11-18-17(4,5)6)10-16(19-12)20-7-8-21-14(3)13(20)2/h9-10,13-14,18H,7-8,11H2,1-6H3. The molecule has 2 atom stereocenters. The molecule has 3 nitrogen and oxygen atoms in total. The molecule has 1 aliphatic heterocycles. The van der Waals surface area contributed by atoms with Crippen LogP contribution in [-0.2, 0) is 6.54 Å². The molecule has 1 aliphatic rings. The molecule has 1 aromatic rings. The van der Waals surface area contributed by atoms with Crippen molar-refractivity contribution in [2.75, 3.05) is 17.2 Å². The molecule has 0 aromatic carbocycles. The Kier molecular flexibility index (Phi) is 5.20. The lowest BCUT2D eigenvalue weighted by molar-refractivity contribution is 0.424. The third-order valence-electron chi connectivity index (χ3n) is 4.00. The summed E-state index contributed by atoms with van der Waals surface area (Å²) in [6, 6.07) is 4.99. The Labute approximate surface area is 133 Å². The normalized spacial score (nSPS) is 23.4. The SMILES string of the molecule is Cc1cc(CNC(C)(C)C)cc(N2CCSC(C)C2C)n1. The van der Waals surface area contributed by atoms with Crippen LogP contribution in [0.15, 0.2) is 12.1 Å². The third-order valence-corrected chi connectivity index (χ3v) is 5.34. The van der Waals surface area contributed by atoms with Crippen molar-refractivity contribution in [1.82, 2.24) is 10.3 Å². The second-order valence-corrected chi connectivity index (χ2v) is 8.57. The van der Waals surface area contributed by atoms with Crippen molar-refractivity contribution >= 4 is 17.6 Å². The van der Waals surface area contributed by atoms with Gasteiger partial charge in [-0.1, -0.05) is 6.92 Å². The summed E-state index contributed by atoms with van der Waals surface area (Å²) in [5, 5.41) is 4.23. The topological polar surface area (TPSA) is 28.2 Å². The van der Waals surface area contributed by atoms with Gasteiger partial charge >= 0.3 is 0 Å². The zero-order valence-corrected chi connectivity index (χ0v) is 15.0. The average molecular weight is 308 g/mol. The van der Waals surface area contributed by atoms with Crippen molar-refractivity contribution in [3.63, 3.8) is 0 Å². The van der Waals surface area contributed by atoms with Crippen LogP contribution in [0.3, 0.4) is 0 Å². The maximum absolute atomic E-state index is 4.78. The number of rotatable bonds is 3. The Morgan fingerprint density at radius 1 is 1.33 bits per heavy atom. The molecule has 1 fully saturated rings. The van der Waals surface area contributed by atoms with Gasteiger partial charge in [0.2, 0.25) is 0 Å². The van der Waals surface area contributed by atoms with E-state index in [1.165, 1.54) is 11.3 Å². The number of pyridine rings is 1. The van der Waals surface area contributed by atoms with Crippen molar-refractivity contribution in [2.45, 2.75) is 64.9 Å². The van der Waals surface area contributed by atoms with Crippen LogP contribution in [0.2, 0.25) is 0 Å². The molecule has 21 heavy (non-hydrogen) atoms. The van der Waals surface area contributed by atoms with Gasteiger partial charge in [0.25, 0.3) is 0 Å². The van der Waals surface area contributed by atoms with Crippen molar-refractivity contribution in [3.05, 3.63) is 23.4 Å². The fourth-order valence-corrected chi connectivity index (χ4v) is 3.69. The number of nitrogens with one attached hydrogen (secondary N) is 1. The van der Waals surface area contributed by atoms with Crippen LogP contribution in [-0.4, -0.2) is 34.1 Å². The smallest absolute Gasteiger partial charge is 0.129 e. The predicted octanol–water partition coefficient (Wildman–Crippen LogP) is 3.61. The predicted molar refractivity (Wildman–Crippen MR) is 94.3 cm³/mol. The third kappa shape index (κ3) is 4.62. The van der Waals surface area contributed by atoms with Crippen LogP contribution in [0.5, 0.6) is 0 Å². The molecule has 2 heterocycles. The fraction of sp³-hybridized carbons (Fsp3) is 0.706. The van der Waals surface area contributed by atoms with E-state index in [-0.39, 0.29) is 5.54 Å². The van der Waals surface area contributed by atoms with E-state index < -0.39 is 0 Å². The van der Waals surface area contributed by atoms with E-state index in [0.717, 1.165) is 24.6 Å². The summed E-state index contributed by atoms with van der Waals surface area (Å²) in [5.41, 5.74) is 2.57. The number of nitrogens with zero attached hydrogens (tertiary/aromatic N) is 2. The summed E-state index contributed by atoms with van der Waals surface area (Å²) in [6.45, 7) is 15.3. The van der Waals surface area contributed by atoms with Gasteiger partial charge in [-0.05, 0) is 52.3 Å². The van der Waals surface area contributed by atoms with Crippen LogP contribution in [0.25, 0.3) is 0 Å². The monoisotopic (exact) mass is 307 g/mol. The van der Waals surface area contributed by atoms with Gasteiger partial charge in [0.05, 0.1) is 0 Å². The van der Waals surface area contributed by atoms with Gasteiger partial charge in [0.1, 0.15) is 5.82 Å². The highest BCUT2D eigenvalue weighted by Gasteiger charge is 2.26. The van der Waals surface area contributed by atoms with Crippen LogP contribution in [0, 0.1) is 6.92 Å². The highest BCUT2D eigenvalue weighted by atomic mass is 32.2. The lowest BCUT2D eigenvalue weighted by Crippen LogP contribution is -2.45. The van der Waals surface area contributed by atoms with Crippen LogP contribution >= 0.6 is 11.8 Å². The van der Waals surface area contributed by atoms with E-state index in [0.29, 0.717) is 11.3 Å². The lowest BCUT2D eigenvalue weighted by Gasteiger charge is -2.38. The molecule has 0 aliphatic carbocycles. The van der Waals surface area contributed by atoms with Crippen molar-refractivity contribution in [3.8, 4) is 0 Å². The summed E-state index contributed by atoms with van der Waals surface area (Å²) < 4.78 is 0. The van der Waals surface area contributed by atoms with E-state index in [2.05, 4.69) is 75.7 Å². The van der Waals surface area contributed by atoms with Crippen LogP contribution in [0.4, 0.5) is 5.82 Å². The highest BCUT2D eigenvalue weighted by molar-refractivity contribution is 8.00. The second kappa shape index (κ2) is 6.57. The van der Waals surface area contributed by atoms with Gasteiger partial charge in [0.15, 0.2) is 0 Å². The molecular weight excluding hydrogens is 278 g/mol. The average Bonchev–Trinajstić information content (AvgIpc) is 2.38. The minimum absolute atomic E-state index is 0.140. The Morgan fingerprint density at radius 3 is 2.71 bits per heavy atom. The Balaban J connectivity index is 2.18. The lowest BCUT2D eigenvalue weighted by atomic mass is 10.1. The summed E-state index contributed by atoms with van der Waals surface area (Å²) >= 11 is 2.06. The van der Waals surface area contributed by atoms with E-state index in [1.54, 1.807) is 0 Å². The Morgan fingerprint density at radius 2 is 2.05 bits per heavy atom. The number of thioether (sulfide) groups is 1. The second-order valence-electron chi connectivity index (χ2n) is 7.09. The Hall–Kier alpha value is -0.740. The minimum Gasteiger partial charge on any atom is -0.352 e. The van der Waals surface area contributed by atoms with Crippen LogP contribution < -0.4 is 10.2 Å². The molecule has 1 aromatic heterocycles. The van der Waals surface area contributed by atoms with Crippen molar-refractivity contribution in [2.24, 2.45) is 0 Å². The molecule has 0 radical (unpaired) electrons. The summed E-state index contributed by atoms with van der Waals surface area (Å²) in [4.78, 5) is 7.24. The number of aromatic nitrogens is 1. The zero-order chi connectivity index (χ0) is 15.6. The first-order valence-corrected chi connectivity index (χ1v) is 8.92. The maximum atomic E-state index is 4.78. The molecule has 1 N–H and O–H groups in total. The first-order valence-electron chi connectivity index (χ1n) is 7.87. The quantitative estimate of drug-likeness (QED) is 0.923. The number of hydrogen-bond donors (Lipinski definition) is 1. The summed E-state index contributed by atoms with van der Waals surface area (Å²) in [7, 11) is 0. The summed E-state index contributed by atoms with van der Waals surface area (Å²) in [6.07, 6.45) is 0. The van der Waals surface area contributed by atoms with Gasteiger partial charge in [-0.2, -0.15) is 11.8 Å².